The van der Waals surface area contributed by atoms with Gasteiger partial charge >= 0.3 is 112 Å². The number of carbonyl (C=O) groups excluding carboxylic acids is 1. The number of carboxylic acids is 1. The molecule has 0 saturated carbocycles. The van der Waals surface area contributed by atoms with Crippen LogP contribution in [-0.2, 0) is 9.59 Å². The van der Waals surface area contributed by atoms with Crippen LogP contribution in [-0.4, -0.2) is 50.8 Å². The molecule has 0 rings (SSSR count). The zero-order chi connectivity index (χ0) is 16.5. The third-order valence-corrected chi connectivity index (χ3v) is 4.13. The molecule has 0 amide bonds. The predicted molar refractivity (Wildman–Crippen MR) is 88.7 cm³/mol. The zero-order valence-electron chi connectivity index (χ0n) is 14.2. The first-order chi connectivity index (χ1) is 9.95. The van der Waals surface area contributed by atoms with Crippen molar-refractivity contribution in [3.05, 3.63) is 0 Å². The number of carboxylic acid groups (broad SMARTS) is 1. The van der Waals surface area contributed by atoms with Gasteiger partial charge in [0.1, 0.15) is 6.04 Å². The van der Waals surface area contributed by atoms with E-state index in [0.717, 1.165) is 44.4 Å². The van der Waals surface area contributed by atoms with E-state index in [1.54, 1.807) is 0 Å². The number of rotatable bonds is 12. The molecule has 0 aliphatic rings. The van der Waals surface area contributed by atoms with Gasteiger partial charge in [0.2, 0.25) is 0 Å². The molecule has 0 bridgehead atoms. The first-order valence-electron chi connectivity index (χ1n) is 8.45. The summed E-state index contributed by atoms with van der Waals surface area (Å²) in [5.74, 6) is -0.473. The number of carbonyl (C=O) groups is 2. The van der Waals surface area contributed by atoms with Crippen molar-refractivity contribution in [2.75, 3.05) is 0 Å². The second-order valence-corrected chi connectivity index (χ2v) is 6.30. The van der Waals surface area contributed by atoms with Crippen LogP contribution in [0.5, 0.6) is 0 Å². The van der Waals surface area contributed by atoms with Gasteiger partial charge in [-0.2, -0.15) is 0 Å². The topological polar surface area (TPSA) is 80.4 Å². The number of hydrogen-bond donors (Lipinski definition) is 2. The summed E-state index contributed by atoms with van der Waals surface area (Å²) in [7, 11) is 0. The Hall–Kier alpha value is 0.1000. The third-order valence-electron chi connectivity index (χ3n) is 3.34. The third kappa shape index (κ3) is 22.5. The van der Waals surface area contributed by atoms with E-state index in [1.807, 2.05) is 0 Å². The summed E-state index contributed by atoms with van der Waals surface area (Å²) in [6, 6.07) is -0.731. The minimum absolute atomic E-state index is 0.490. The summed E-state index contributed by atoms with van der Waals surface area (Å²) >= 11 is 1.04. The van der Waals surface area contributed by atoms with Gasteiger partial charge in [0, 0.05) is 0 Å². The van der Waals surface area contributed by atoms with E-state index in [0.29, 0.717) is 5.78 Å². The number of nitrogens with two attached hydrogens (primary N) is 1. The van der Waals surface area contributed by atoms with Gasteiger partial charge in [-0.1, -0.05) is 6.92 Å². The molecule has 0 aromatic carbocycles. The summed E-state index contributed by atoms with van der Waals surface area (Å²) in [6.45, 7) is 3.68. The van der Waals surface area contributed by atoms with E-state index >= 15 is 0 Å². The van der Waals surface area contributed by atoms with Gasteiger partial charge in [-0.05, 0) is 6.92 Å². The van der Waals surface area contributed by atoms with Crippen LogP contribution in [0.25, 0.3) is 0 Å². The zero-order valence-corrected chi connectivity index (χ0v) is 16.2. The molecule has 21 heavy (non-hydrogen) atoms. The Balaban J connectivity index is 0. The van der Waals surface area contributed by atoms with Crippen molar-refractivity contribution in [3.63, 3.8) is 0 Å². The van der Waals surface area contributed by atoms with Gasteiger partial charge in [-0.15, -0.1) is 0 Å². The SMILES string of the molecule is CC(N)C(=O)O.CCCCCCCCCCCC(=O)[CH2][Na]. The van der Waals surface area contributed by atoms with Gasteiger partial charge in [-0.3, -0.25) is 4.79 Å². The number of ketones is 1. The molecule has 5 heteroatoms. The van der Waals surface area contributed by atoms with Crippen molar-refractivity contribution >= 4 is 39.7 Å². The Morgan fingerprint density at radius 2 is 1.38 bits per heavy atom. The van der Waals surface area contributed by atoms with Crippen molar-refractivity contribution in [2.24, 2.45) is 5.73 Å². The molecule has 1 atom stereocenters. The van der Waals surface area contributed by atoms with Crippen molar-refractivity contribution in [1.82, 2.24) is 0 Å². The van der Waals surface area contributed by atoms with Crippen molar-refractivity contribution in [3.8, 4) is 0 Å². The second-order valence-electron chi connectivity index (χ2n) is 5.60. The Labute approximate surface area is 147 Å². The van der Waals surface area contributed by atoms with Crippen LogP contribution in [0.1, 0.15) is 78.1 Å². The molecule has 4 nitrogen and oxygen atoms in total. The standard InChI is InChI=1S/C13H25O.C3H7NO2.Na/c1-3-4-5-6-7-8-9-10-11-12-13(2)14;1-2(4)3(5)6;/h2-12H2,1H3;2H,4H2,1H3,(H,5,6);. The summed E-state index contributed by atoms with van der Waals surface area (Å²) in [5, 5.41) is 7.87. The fourth-order valence-electron chi connectivity index (χ4n) is 1.81. The van der Waals surface area contributed by atoms with E-state index < -0.39 is 12.0 Å². The van der Waals surface area contributed by atoms with E-state index in [9.17, 15) is 9.59 Å². The Bertz CT molecular complexity index is 258. The summed E-state index contributed by atoms with van der Waals surface area (Å²) in [5.41, 5.74) is 4.84. The Morgan fingerprint density at radius 3 is 1.71 bits per heavy atom. The Morgan fingerprint density at radius 1 is 1.00 bits per heavy atom. The van der Waals surface area contributed by atoms with Crippen LogP contribution in [0.15, 0.2) is 0 Å². The molecular formula is C16H32NNaO3. The summed E-state index contributed by atoms with van der Waals surface area (Å²) in [4.78, 5) is 20.6. The van der Waals surface area contributed by atoms with E-state index in [-0.39, 0.29) is 0 Å². The van der Waals surface area contributed by atoms with Gasteiger partial charge < -0.3 is 10.8 Å². The fraction of sp³-hybridized carbons (Fsp3) is 0.875. The molecule has 0 spiro atoms. The predicted octanol–water partition coefficient (Wildman–Crippen LogP) is 3.48. The molecule has 0 aromatic heterocycles. The molecule has 0 radical (unpaired) electrons. The molecule has 0 aromatic rings. The van der Waals surface area contributed by atoms with Gasteiger partial charge in [0.25, 0.3) is 0 Å². The van der Waals surface area contributed by atoms with E-state index in [2.05, 4.69) is 6.92 Å². The average molecular weight is 309 g/mol. The van der Waals surface area contributed by atoms with Gasteiger partial charge in [0.05, 0.1) is 0 Å². The minimum atomic E-state index is -0.963. The van der Waals surface area contributed by atoms with E-state index in [1.165, 1.54) is 58.3 Å². The quantitative estimate of drug-likeness (QED) is 0.427. The van der Waals surface area contributed by atoms with Crippen LogP contribution >= 0.6 is 0 Å². The molecule has 0 fully saturated rings. The summed E-state index contributed by atoms with van der Waals surface area (Å²) < 4.78 is 0.858. The molecule has 0 saturated heterocycles. The maximum atomic E-state index is 11.1. The number of unbranched alkanes of at least 4 members (excludes halogenated alkanes) is 8. The monoisotopic (exact) mass is 309 g/mol. The first-order valence-corrected chi connectivity index (χ1v) is 9.87. The number of aliphatic carboxylic acids is 1. The molecule has 0 aliphatic carbocycles. The van der Waals surface area contributed by atoms with Crippen molar-refractivity contribution < 1.29 is 14.7 Å². The molecule has 3 N–H and O–H groups in total. The van der Waals surface area contributed by atoms with E-state index in [4.69, 9.17) is 10.8 Å². The molecule has 1 unspecified atom stereocenters. The first kappa shape index (κ1) is 23.4. The van der Waals surface area contributed by atoms with Gasteiger partial charge in [-0.25, -0.2) is 0 Å². The van der Waals surface area contributed by atoms with Crippen LogP contribution in [0, 0.1) is 0 Å². The molecule has 0 heterocycles. The van der Waals surface area contributed by atoms with Crippen molar-refractivity contribution in [1.29, 1.82) is 0 Å². The normalized spacial score (nSPS) is 11.5. The van der Waals surface area contributed by atoms with Crippen LogP contribution in [0.4, 0.5) is 0 Å². The van der Waals surface area contributed by atoms with Gasteiger partial charge in [0.15, 0.2) is 0 Å². The van der Waals surface area contributed by atoms with Crippen LogP contribution < -0.4 is 5.73 Å². The second kappa shape index (κ2) is 18.1. The van der Waals surface area contributed by atoms with Crippen LogP contribution in [0.3, 0.4) is 0 Å². The summed E-state index contributed by atoms with van der Waals surface area (Å²) in [6.07, 6.45) is 12.9. The number of Topliss-reactive ketones (excluding diaryl/α,β-unsaturated/α-hetero) is 1. The maximum absolute atomic E-state index is 11.1. The van der Waals surface area contributed by atoms with Crippen LogP contribution in [0.2, 0.25) is 3.67 Å². The molecule has 0 aliphatic heterocycles. The Kier molecular flexibility index (Phi) is 20.2. The van der Waals surface area contributed by atoms with Crippen molar-refractivity contribution in [2.45, 2.75) is 87.8 Å². The number of hydrogen-bond acceptors (Lipinski definition) is 3. The molecular weight excluding hydrogens is 277 g/mol. The average Bonchev–Trinajstić information content (AvgIpc) is 2.45. The molecule has 120 valence electrons. The fourth-order valence-corrected chi connectivity index (χ4v) is 2.16.